The molecule has 4 fully saturated rings. The number of piperazine rings is 1. The van der Waals surface area contributed by atoms with Crippen LogP contribution in [0.5, 0.6) is 5.75 Å². The molecule has 6 rings (SSSR count). The minimum Gasteiger partial charge on any atom is -0.495 e. The van der Waals surface area contributed by atoms with E-state index >= 15 is 0 Å². The Bertz CT molecular complexity index is 1200. The number of aliphatic imine (C=N–C) groups is 2. The molecule has 2 unspecified atom stereocenters. The Morgan fingerprint density at radius 1 is 1.17 bits per heavy atom. The number of morpholine rings is 1. The van der Waals surface area contributed by atoms with Crippen LogP contribution >= 0.6 is 0 Å². The molecule has 3 saturated heterocycles. The molecule has 4 heterocycles. The van der Waals surface area contributed by atoms with E-state index in [9.17, 15) is 9.59 Å². The topological polar surface area (TPSA) is 111 Å². The van der Waals surface area contributed by atoms with Crippen LogP contribution in [0.1, 0.15) is 62.2 Å². The van der Waals surface area contributed by atoms with Crippen molar-refractivity contribution in [2.75, 3.05) is 45.7 Å². The van der Waals surface area contributed by atoms with Gasteiger partial charge >= 0.3 is 0 Å². The summed E-state index contributed by atoms with van der Waals surface area (Å²) < 4.78 is 11.6. The van der Waals surface area contributed by atoms with Gasteiger partial charge in [0.05, 0.1) is 31.5 Å². The molecular weight excluding hydrogens is 522 g/mol. The average molecular weight is 566 g/mol. The molecule has 222 valence electrons. The number of amides is 2. The molecule has 0 aromatic heterocycles. The van der Waals surface area contributed by atoms with Crippen LogP contribution in [0.15, 0.2) is 28.2 Å². The maximum absolute atomic E-state index is 13.2. The van der Waals surface area contributed by atoms with Gasteiger partial charge in [0.2, 0.25) is 11.9 Å². The molecule has 5 aliphatic rings. The second-order valence-electron chi connectivity index (χ2n) is 11.9. The van der Waals surface area contributed by atoms with Crippen molar-refractivity contribution in [3.05, 3.63) is 23.8 Å². The Hall–Kier alpha value is -3.02. The van der Waals surface area contributed by atoms with Crippen LogP contribution in [0.3, 0.4) is 0 Å². The van der Waals surface area contributed by atoms with Gasteiger partial charge in [-0.1, -0.05) is 19.8 Å². The van der Waals surface area contributed by atoms with E-state index in [1.54, 1.807) is 24.1 Å². The minimum absolute atomic E-state index is 0.00682. The van der Waals surface area contributed by atoms with Crippen molar-refractivity contribution in [1.29, 1.82) is 0 Å². The van der Waals surface area contributed by atoms with E-state index in [-0.39, 0.29) is 36.2 Å². The highest BCUT2D eigenvalue weighted by molar-refractivity contribution is 6.03. The van der Waals surface area contributed by atoms with Crippen LogP contribution in [0.2, 0.25) is 0 Å². The summed E-state index contributed by atoms with van der Waals surface area (Å²) in [5.74, 6) is 0.980. The number of fused-ring (bicyclic) bond motifs is 2. The van der Waals surface area contributed by atoms with E-state index in [0.29, 0.717) is 41.6 Å². The number of carbonyl (C=O) groups excluding carboxylic acids is 2. The quantitative estimate of drug-likeness (QED) is 0.522. The number of likely N-dealkylation sites (N-methyl/N-ethyl adjacent to an activating group) is 1. The van der Waals surface area contributed by atoms with Gasteiger partial charge in [-0.3, -0.25) is 19.4 Å². The Morgan fingerprint density at radius 3 is 2.76 bits per heavy atom. The second kappa shape index (κ2) is 12.1. The third-order valence-corrected chi connectivity index (χ3v) is 9.45. The van der Waals surface area contributed by atoms with Crippen LogP contribution in [0, 0.1) is 0 Å². The van der Waals surface area contributed by atoms with Crippen molar-refractivity contribution in [2.45, 2.75) is 88.3 Å². The molecule has 0 spiro atoms. The monoisotopic (exact) mass is 565 g/mol. The predicted octanol–water partition coefficient (Wildman–Crippen LogP) is 2.33. The molecule has 0 radical (unpaired) electrons. The molecule has 1 aromatic carbocycles. The zero-order valence-corrected chi connectivity index (χ0v) is 24.4. The highest BCUT2D eigenvalue weighted by Crippen LogP contribution is 2.35. The number of guanidine groups is 1. The number of ether oxygens (including phenoxy) is 2. The second-order valence-corrected chi connectivity index (χ2v) is 11.9. The van der Waals surface area contributed by atoms with Crippen molar-refractivity contribution in [3.63, 3.8) is 0 Å². The first-order valence-electron chi connectivity index (χ1n) is 15.2. The van der Waals surface area contributed by atoms with Crippen molar-refractivity contribution in [2.24, 2.45) is 9.98 Å². The van der Waals surface area contributed by atoms with Gasteiger partial charge in [0, 0.05) is 44.0 Å². The Morgan fingerprint density at radius 2 is 1.98 bits per heavy atom. The largest absolute Gasteiger partial charge is 0.495 e. The summed E-state index contributed by atoms with van der Waals surface area (Å²) in [6, 6.07) is 5.85. The lowest BCUT2D eigenvalue weighted by atomic mass is 9.97. The van der Waals surface area contributed by atoms with Crippen molar-refractivity contribution >= 4 is 29.7 Å². The molecule has 0 bridgehead atoms. The number of nitrogens with one attached hydrogen (secondary N) is 2. The van der Waals surface area contributed by atoms with Gasteiger partial charge in [-0.05, 0) is 56.8 Å². The lowest BCUT2D eigenvalue weighted by Gasteiger charge is -2.50. The molecule has 11 heteroatoms. The van der Waals surface area contributed by atoms with Gasteiger partial charge in [-0.25, -0.2) is 9.98 Å². The number of methoxy groups -OCH3 is 1. The maximum atomic E-state index is 13.2. The molecule has 41 heavy (non-hydrogen) atoms. The zero-order valence-electron chi connectivity index (χ0n) is 24.4. The summed E-state index contributed by atoms with van der Waals surface area (Å²) in [6.07, 6.45) is 9.38. The van der Waals surface area contributed by atoms with Crippen molar-refractivity contribution < 1.29 is 19.1 Å². The molecule has 2 N–H and O–H groups in total. The smallest absolute Gasteiger partial charge is 0.251 e. The first-order valence-corrected chi connectivity index (χ1v) is 15.2. The summed E-state index contributed by atoms with van der Waals surface area (Å²) in [6.45, 7) is 5.28. The fourth-order valence-corrected chi connectivity index (χ4v) is 7.19. The van der Waals surface area contributed by atoms with E-state index in [1.165, 1.54) is 25.7 Å². The molecular formula is C30H43N7O4. The SMILES string of the molecule is CC[C@@H]1C(=O)N(C)C2C=NC(Nc3ccc(C(=O)NC[C@@H]4CN5CCC[C@@H]5CO4)cc3OC)=NC2N1C1CCCC1. The van der Waals surface area contributed by atoms with E-state index in [0.717, 1.165) is 39.0 Å². The first-order chi connectivity index (χ1) is 20.0. The molecule has 1 aromatic rings. The molecule has 1 saturated carbocycles. The molecule has 1 aliphatic carbocycles. The number of carbonyl (C=O) groups is 2. The number of rotatable bonds is 7. The number of nitrogens with zero attached hydrogens (tertiary/aromatic N) is 5. The summed E-state index contributed by atoms with van der Waals surface area (Å²) in [5, 5.41) is 6.34. The number of benzene rings is 1. The lowest BCUT2D eigenvalue weighted by molar-refractivity contribution is -0.148. The van der Waals surface area contributed by atoms with Gasteiger partial charge in [0.15, 0.2) is 0 Å². The standard InChI is InChI=1S/C30H43N7O4/c1-4-24-29(39)35(2)25-16-32-30(34-27(25)37(24)20-8-5-6-9-20)33-23-12-11-19(14-26(23)40-3)28(38)31-15-22-17-36-13-7-10-21(36)18-41-22/h11-12,14,16,20-22,24-25,27H,4-10,13,15,17-18H2,1-3H3,(H,31,38)(H,33,34)/t21-,22-,24-,25?,27?/m1/s1. The summed E-state index contributed by atoms with van der Waals surface area (Å²) in [5.41, 5.74) is 1.19. The van der Waals surface area contributed by atoms with E-state index in [1.807, 2.05) is 19.3 Å². The third-order valence-electron chi connectivity index (χ3n) is 9.45. The van der Waals surface area contributed by atoms with Crippen LogP contribution in [-0.4, -0.2) is 116 Å². The van der Waals surface area contributed by atoms with E-state index in [2.05, 4.69) is 32.3 Å². The summed E-state index contributed by atoms with van der Waals surface area (Å²) in [4.78, 5) is 42.4. The molecule has 5 atom stereocenters. The third kappa shape index (κ3) is 5.59. The van der Waals surface area contributed by atoms with Crippen molar-refractivity contribution in [3.8, 4) is 5.75 Å². The Balaban J connectivity index is 1.14. The summed E-state index contributed by atoms with van der Waals surface area (Å²) in [7, 11) is 3.44. The van der Waals surface area contributed by atoms with Gasteiger partial charge < -0.3 is 25.0 Å². The number of anilines is 1. The maximum Gasteiger partial charge on any atom is 0.251 e. The average Bonchev–Trinajstić information content (AvgIpc) is 3.70. The Labute approximate surface area is 242 Å². The van der Waals surface area contributed by atoms with Gasteiger partial charge in [-0.2, -0.15) is 0 Å². The van der Waals surface area contributed by atoms with Gasteiger partial charge in [0.1, 0.15) is 18.0 Å². The van der Waals surface area contributed by atoms with E-state index in [4.69, 9.17) is 14.5 Å². The highest BCUT2D eigenvalue weighted by atomic mass is 16.5. The van der Waals surface area contributed by atoms with Crippen LogP contribution < -0.4 is 15.4 Å². The van der Waals surface area contributed by atoms with E-state index < -0.39 is 0 Å². The van der Waals surface area contributed by atoms with Crippen LogP contribution in [0.25, 0.3) is 0 Å². The molecule has 4 aliphatic heterocycles. The Kier molecular flexibility index (Phi) is 8.28. The normalized spacial score (nSPS) is 30.6. The summed E-state index contributed by atoms with van der Waals surface area (Å²) >= 11 is 0. The van der Waals surface area contributed by atoms with Crippen LogP contribution in [-0.2, 0) is 9.53 Å². The lowest BCUT2D eigenvalue weighted by Crippen LogP contribution is -2.68. The molecule has 2 amide bonds. The van der Waals surface area contributed by atoms with Crippen LogP contribution in [0.4, 0.5) is 5.69 Å². The van der Waals surface area contributed by atoms with Gasteiger partial charge in [0.25, 0.3) is 5.91 Å². The van der Waals surface area contributed by atoms with Gasteiger partial charge in [-0.15, -0.1) is 0 Å². The fraction of sp³-hybridized carbons (Fsp3) is 0.667. The number of hydrogen-bond acceptors (Lipinski definition) is 9. The zero-order chi connectivity index (χ0) is 28.5. The van der Waals surface area contributed by atoms with Crippen molar-refractivity contribution in [1.82, 2.24) is 20.0 Å². The highest BCUT2D eigenvalue weighted by Gasteiger charge is 2.48. The number of hydrogen-bond donors (Lipinski definition) is 2. The predicted molar refractivity (Wildman–Crippen MR) is 158 cm³/mol. The minimum atomic E-state index is -0.200. The first kappa shape index (κ1) is 28.1. The fourth-order valence-electron chi connectivity index (χ4n) is 7.19. The molecule has 11 nitrogen and oxygen atoms in total.